The Kier molecular flexibility index (Phi) is 6.48. The molecule has 37 heavy (non-hydrogen) atoms. The summed E-state index contributed by atoms with van der Waals surface area (Å²) in [7, 11) is 0. The van der Waals surface area contributed by atoms with Gasteiger partial charge in [0.05, 0.1) is 16.7 Å². The Labute approximate surface area is 219 Å². The third-order valence-electron chi connectivity index (χ3n) is 6.53. The van der Waals surface area contributed by atoms with E-state index in [1.165, 1.54) is 22.0 Å². The number of halogens is 1. The Balaban J connectivity index is 1.20. The van der Waals surface area contributed by atoms with Gasteiger partial charge in [0, 0.05) is 29.6 Å². The predicted octanol–water partition coefficient (Wildman–Crippen LogP) is 6.75. The quantitative estimate of drug-likeness (QED) is 0.249. The predicted molar refractivity (Wildman–Crippen MR) is 149 cm³/mol. The number of nitrogens with one attached hydrogen (secondary N) is 1. The molecular formula is C30H25ClN6. The summed E-state index contributed by atoms with van der Waals surface area (Å²) in [4.78, 5) is 4.73. The third-order valence-corrected chi connectivity index (χ3v) is 6.77. The molecule has 1 N–H and O–H groups in total. The van der Waals surface area contributed by atoms with Gasteiger partial charge in [-0.2, -0.15) is 5.21 Å². The summed E-state index contributed by atoms with van der Waals surface area (Å²) in [6.07, 6.45) is 9.08. The summed E-state index contributed by atoms with van der Waals surface area (Å²) >= 11 is 6.14. The molecule has 0 amide bonds. The first-order valence-corrected chi connectivity index (χ1v) is 12.7. The van der Waals surface area contributed by atoms with Crippen LogP contribution >= 0.6 is 11.6 Å². The zero-order chi connectivity index (χ0) is 25.0. The van der Waals surface area contributed by atoms with Crippen LogP contribution in [0.25, 0.3) is 34.0 Å². The lowest BCUT2D eigenvalue weighted by Gasteiger charge is -2.11. The molecule has 3 heterocycles. The first-order valence-electron chi connectivity index (χ1n) is 12.3. The zero-order valence-corrected chi connectivity index (χ0v) is 20.9. The molecule has 3 aromatic heterocycles. The molecule has 0 atom stereocenters. The fraction of sp³-hybridized carbons (Fsp3) is 0.133. The fourth-order valence-electron chi connectivity index (χ4n) is 4.77. The lowest BCUT2D eigenvalue weighted by Crippen LogP contribution is -2.01. The largest absolute Gasteiger partial charge is 0.343 e. The van der Waals surface area contributed by atoms with Gasteiger partial charge < -0.3 is 4.57 Å². The topological polar surface area (TPSA) is 72.3 Å². The van der Waals surface area contributed by atoms with Gasteiger partial charge in [-0.25, -0.2) is 4.98 Å². The summed E-state index contributed by atoms with van der Waals surface area (Å²) in [5, 5.41) is 17.3. The van der Waals surface area contributed by atoms with Crippen LogP contribution in [0.15, 0.2) is 85.1 Å². The molecule has 0 fully saturated rings. The van der Waals surface area contributed by atoms with E-state index >= 15 is 0 Å². The van der Waals surface area contributed by atoms with Gasteiger partial charge in [-0.15, -0.1) is 10.2 Å². The Bertz CT molecular complexity index is 1700. The molecule has 0 bridgehead atoms. The van der Waals surface area contributed by atoms with Crippen LogP contribution in [0.5, 0.6) is 0 Å². The summed E-state index contributed by atoms with van der Waals surface area (Å²) in [5.41, 5.74) is 6.82. The maximum Gasteiger partial charge on any atom is 0.174 e. The van der Waals surface area contributed by atoms with E-state index in [0.717, 1.165) is 53.8 Å². The maximum atomic E-state index is 6.14. The third kappa shape index (κ3) is 5.29. The van der Waals surface area contributed by atoms with Gasteiger partial charge in [0.2, 0.25) is 0 Å². The van der Waals surface area contributed by atoms with Crippen molar-refractivity contribution >= 4 is 45.6 Å². The molecule has 3 aromatic carbocycles. The highest BCUT2D eigenvalue weighted by Crippen LogP contribution is 2.24. The smallest absolute Gasteiger partial charge is 0.174 e. The highest BCUT2D eigenvalue weighted by Gasteiger charge is 2.09. The maximum absolute atomic E-state index is 6.14. The van der Waals surface area contributed by atoms with Gasteiger partial charge in [-0.3, -0.25) is 0 Å². The van der Waals surface area contributed by atoms with Crippen LogP contribution in [0.2, 0.25) is 5.02 Å². The monoisotopic (exact) mass is 504 g/mol. The van der Waals surface area contributed by atoms with Crippen LogP contribution < -0.4 is 0 Å². The highest BCUT2D eigenvalue weighted by atomic mass is 35.5. The van der Waals surface area contributed by atoms with Gasteiger partial charge in [0.1, 0.15) is 0 Å². The van der Waals surface area contributed by atoms with Crippen LogP contribution in [-0.2, 0) is 19.4 Å². The minimum atomic E-state index is 0.696. The van der Waals surface area contributed by atoms with Crippen molar-refractivity contribution in [3.05, 3.63) is 118 Å². The number of pyridine rings is 1. The SMILES string of the molecule is Clc1ccc2ccc(/C=C/c3cccc(Cn4ccc5cccc(CCCc6nn[nH]n6)c54)c3)nc2c1. The first kappa shape index (κ1) is 23.1. The normalized spacial score (nSPS) is 11.7. The number of benzene rings is 3. The number of aryl methyl sites for hydroxylation is 2. The summed E-state index contributed by atoms with van der Waals surface area (Å²) in [5.74, 6) is 0.759. The van der Waals surface area contributed by atoms with Crippen LogP contribution in [0.1, 0.15) is 34.6 Å². The number of tetrazole rings is 1. The number of hydrogen-bond acceptors (Lipinski definition) is 4. The van der Waals surface area contributed by atoms with Crippen molar-refractivity contribution in [2.24, 2.45) is 0 Å². The number of rotatable bonds is 8. The lowest BCUT2D eigenvalue weighted by molar-refractivity contribution is 0.767. The lowest BCUT2D eigenvalue weighted by atomic mass is 10.0. The van der Waals surface area contributed by atoms with Crippen molar-refractivity contribution in [2.45, 2.75) is 25.8 Å². The second-order valence-corrected chi connectivity index (χ2v) is 9.57. The number of aromatic nitrogens is 6. The van der Waals surface area contributed by atoms with Crippen LogP contribution in [0, 0.1) is 0 Å². The van der Waals surface area contributed by atoms with E-state index in [9.17, 15) is 0 Å². The standard InChI is InChI=1S/C30H25ClN6/c31-26-13-11-23-12-15-27(32-28(23)19-26)14-10-21-4-1-5-22(18-21)20-37-17-16-25-7-2-6-24(30(25)37)8-3-9-29-33-35-36-34-29/h1-2,4-7,10-19H,3,8-9,20H2,(H,33,34,35,36)/b14-10+. The number of para-hydroxylation sites is 1. The number of hydrogen-bond donors (Lipinski definition) is 1. The second kappa shape index (κ2) is 10.4. The van der Waals surface area contributed by atoms with Crippen molar-refractivity contribution in [2.75, 3.05) is 0 Å². The summed E-state index contributed by atoms with van der Waals surface area (Å²) < 4.78 is 2.34. The zero-order valence-electron chi connectivity index (χ0n) is 20.2. The van der Waals surface area contributed by atoms with E-state index in [1.54, 1.807) is 0 Å². The molecule has 182 valence electrons. The second-order valence-electron chi connectivity index (χ2n) is 9.13. The van der Waals surface area contributed by atoms with Crippen molar-refractivity contribution in [3.63, 3.8) is 0 Å². The molecule has 7 heteroatoms. The highest BCUT2D eigenvalue weighted by molar-refractivity contribution is 6.31. The molecule has 0 aliphatic carbocycles. The van der Waals surface area contributed by atoms with E-state index in [1.807, 2.05) is 30.3 Å². The average Bonchev–Trinajstić information content (AvgIpc) is 3.58. The molecule has 0 saturated heterocycles. The van der Waals surface area contributed by atoms with Crippen molar-refractivity contribution < 1.29 is 0 Å². The van der Waals surface area contributed by atoms with E-state index < -0.39 is 0 Å². The fourth-order valence-corrected chi connectivity index (χ4v) is 4.94. The number of aromatic amines is 1. The van der Waals surface area contributed by atoms with E-state index in [4.69, 9.17) is 16.6 Å². The molecule has 0 aliphatic rings. The summed E-state index contributed by atoms with van der Waals surface area (Å²) in [6.45, 7) is 0.805. The molecule has 0 spiro atoms. The average molecular weight is 505 g/mol. The molecule has 6 aromatic rings. The van der Waals surface area contributed by atoms with Crippen LogP contribution in [-0.4, -0.2) is 30.2 Å². The molecule has 0 radical (unpaired) electrons. The van der Waals surface area contributed by atoms with E-state index in [2.05, 4.69) is 92.1 Å². The molecule has 0 unspecified atom stereocenters. The Morgan fingerprint density at radius 1 is 0.865 bits per heavy atom. The van der Waals surface area contributed by atoms with Gasteiger partial charge in [-0.05, 0) is 71.3 Å². The van der Waals surface area contributed by atoms with Crippen LogP contribution in [0.3, 0.4) is 0 Å². The minimum absolute atomic E-state index is 0.696. The van der Waals surface area contributed by atoms with Gasteiger partial charge in [0.15, 0.2) is 5.82 Å². The number of H-pyrrole nitrogens is 1. The first-order chi connectivity index (χ1) is 18.2. The minimum Gasteiger partial charge on any atom is -0.343 e. The van der Waals surface area contributed by atoms with E-state index in [-0.39, 0.29) is 0 Å². The molecule has 6 nitrogen and oxygen atoms in total. The van der Waals surface area contributed by atoms with Crippen molar-refractivity contribution in [1.29, 1.82) is 0 Å². The van der Waals surface area contributed by atoms with E-state index in [0.29, 0.717) is 5.02 Å². The number of fused-ring (bicyclic) bond motifs is 2. The van der Waals surface area contributed by atoms with Gasteiger partial charge in [0.25, 0.3) is 0 Å². The Morgan fingerprint density at radius 3 is 2.70 bits per heavy atom. The summed E-state index contributed by atoms with van der Waals surface area (Å²) in [6, 6.07) is 27.3. The number of nitrogens with zero attached hydrogens (tertiary/aromatic N) is 5. The Hall–Kier alpha value is -4.29. The van der Waals surface area contributed by atoms with Crippen molar-refractivity contribution in [3.8, 4) is 0 Å². The van der Waals surface area contributed by atoms with Gasteiger partial charge >= 0.3 is 0 Å². The van der Waals surface area contributed by atoms with Crippen LogP contribution in [0.4, 0.5) is 0 Å². The molecule has 0 saturated carbocycles. The molecule has 6 rings (SSSR count). The van der Waals surface area contributed by atoms with Gasteiger partial charge in [-0.1, -0.05) is 71.4 Å². The van der Waals surface area contributed by atoms with Crippen molar-refractivity contribution in [1.82, 2.24) is 30.2 Å². The molecule has 0 aliphatic heterocycles. The Morgan fingerprint density at radius 2 is 1.78 bits per heavy atom. The molecular weight excluding hydrogens is 480 g/mol.